The second-order valence-electron chi connectivity index (χ2n) is 2.99. The van der Waals surface area contributed by atoms with Gasteiger partial charge in [-0.1, -0.05) is 34.8 Å². The average Bonchev–Trinajstić information content (AvgIpc) is 2.62. The number of hydrogen-bond acceptors (Lipinski definition) is 5. The number of aromatic nitrogens is 2. The molecule has 2 rings (SSSR count). The summed E-state index contributed by atoms with van der Waals surface area (Å²) in [7, 11) is -3.89. The van der Waals surface area contributed by atoms with Crippen molar-refractivity contribution < 1.29 is 8.42 Å². The van der Waals surface area contributed by atoms with Gasteiger partial charge in [-0.2, -0.15) is 0 Å². The molecule has 0 fully saturated rings. The van der Waals surface area contributed by atoms with Gasteiger partial charge >= 0.3 is 0 Å². The van der Waals surface area contributed by atoms with E-state index in [-0.39, 0.29) is 24.5 Å². The third-order valence-electron chi connectivity index (χ3n) is 1.80. The molecule has 2 heterocycles. The first-order valence-corrected chi connectivity index (χ1v) is 7.77. The van der Waals surface area contributed by atoms with Gasteiger partial charge in [0, 0.05) is 12.4 Å². The average molecular weight is 345 g/mol. The van der Waals surface area contributed by atoms with Crippen LogP contribution in [0.15, 0.2) is 23.4 Å². The molecule has 0 aliphatic rings. The Kier molecular flexibility index (Phi) is 3.98. The maximum atomic E-state index is 12.0. The van der Waals surface area contributed by atoms with Crippen molar-refractivity contribution in [3.8, 4) is 0 Å². The second-order valence-corrected chi connectivity index (χ2v) is 7.28. The predicted octanol–water partition coefficient (Wildman–Crippen LogP) is 3.30. The SMILES string of the molecule is O=S(=O)(Nc1nccnc1Cl)c1cc(Cl)sc1Cl. The number of sulfonamides is 1. The summed E-state index contributed by atoms with van der Waals surface area (Å²) < 4.78 is 26.5. The number of anilines is 1. The van der Waals surface area contributed by atoms with Crippen LogP contribution in [0.25, 0.3) is 0 Å². The standard InChI is InChI=1S/C8H4Cl3N3O2S2/c9-5-3-4(7(11)17-5)18(15,16)14-8-6(10)12-1-2-13-8/h1-3H,(H,13,14). The molecule has 0 saturated carbocycles. The lowest BCUT2D eigenvalue weighted by molar-refractivity contribution is 0.601. The molecule has 2 aromatic rings. The molecule has 0 amide bonds. The Hall–Kier alpha value is -0.600. The first kappa shape index (κ1) is 13.8. The zero-order chi connectivity index (χ0) is 13.3. The van der Waals surface area contributed by atoms with Crippen molar-refractivity contribution in [2.24, 2.45) is 0 Å². The summed E-state index contributed by atoms with van der Waals surface area (Å²) in [6.07, 6.45) is 2.65. The zero-order valence-electron chi connectivity index (χ0n) is 8.39. The summed E-state index contributed by atoms with van der Waals surface area (Å²) in [4.78, 5) is 7.35. The van der Waals surface area contributed by atoms with Crippen molar-refractivity contribution in [2.75, 3.05) is 4.72 Å². The summed E-state index contributed by atoms with van der Waals surface area (Å²) in [6.45, 7) is 0. The van der Waals surface area contributed by atoms with Gasteiger partial charge in [0.1, 0.15) is 9.23 Å². The molecule has 1 N–H and O–H groups in total. The van der Waals surface area contributed by atoms with E-state index < -0.39 is 10.0 Å². The summed E-state index contributed by atoms with van der Waals surface area (Å²) in [5.74, 6) is -0.0717. The molecule has 0 atom stereocenters. The van der Waals surface area contributed by atoms with Crippen LogP contribution in [0.4, 0.5) is 5.82 Å². The number of halogens is 3. The second kappa shape index (κ2) is 5.18. The molecule has 0 spiro atoms. The van der Waals surface area contributed by atoms with E-state index in [1.165, 1.54) is 18.5 Å². The highest BCUT2D eigenvalue weighted by Gasteiger charge is 2.22. The van der Waals surface area contributed by atoms with Crippen LogP contribution in [0.3, 0.4) is 0 Å². The zero-order valence-corrected chi connectivity index (χ0v) is 12.3. The quantitative estimate of drug-likeness (QED) is 0.927. The largest absolute Gasteiger partial charge is 0.265 e. The molecule has 0 aromatic carbocycles. The Bertz CT molecular complexity index is 687. The summed E-state index contributed by atoms with van der Waals surface area (Å²) >= 11 is 18.1. The Labute approximate surface area is 122 Å². The fourth-order valence-electron chi connectivity index (χ4n) is 1.08. The van der Waals surface area contributed by atoms with Crippen LogP contribution in [0.1, 0.15) is 0 Å². The molecule has 0 aliphatic heterocycles. The normalized spacial score (nSPS) is 11.5. The van der Waals surface area contributed by atoms with Gasteiger partial charge in [0.15, 0.2) is 11.0 Å². The molecule has 0 aliphatic carbocycles. The Morgan fingerprint density at radius 1 is 1.17 bits per heavy atom. The van der Waals surface area contributed by atoms with Crippen LogP contribution in [0.5, 0.6) is 0 Å². The van der Waals surface area contributed by atoms with Crippen LogP contribution in [0, 0.1) is 0 Å². The lowest BCUT2D eigenvalue weighted by Gasteiger charge is -2.06. The number of hydrogen-bond donors (Lipinski definition) is 1. The van der Waals surface area contributed by atoms with Crippen molar-refractivity contribution >= 4 is 62.0 Å². The summed E-state index contributed by atoms with van der Waals surface area (Å²) in [6, 6.07) is 1.25. The Balaban J connectivity index is 2.40. The number of thiophene rings is 1. The van der Waals surface area contributed by atoms with Crippen LogP contribution < -0.4 is 4.72 Å². The number of rotatable bonds is 3. The van der Waals surface area contributed by atoms with Gasteiger partial charge in [0.2, 0.25) is 0 Å². The molecule has 0 radical (unpaired) electrons. The highest BCUT2D eigenvalue weighted by atomic mass is 35.5. The van der Waals surface area contributed by atoms with E-state index in [9.17, 15) is 8.42 Å². The van der Waals surface area contributed by atoms with E-state index in [1.807, 2.05) is 0 Å². The Morgan fingerprint density at radius 3 is 2.39 bits per heavy atom. The van der Waals surface area contributed by atoms with Crippen molar-refractivity contribution in [2.45, 2.75) is 4.90 Å². The minimum Gasteiger partial charge on any atom is -0.261 e. The fraction of sp³-hybridized carbons (Fsp3) is 0. The fourth-order valence-corrected chi connectivity index (χ4v) is 4.46. The van der Waals surface area contributed by atoms with E-state index in [0.717, 1.165) is 11.3 Å². The molecule has 96 valence electrons. The Morgan fingerprint density at radius 2 is 1.83 bits per heavy atom. The van der Waals surface area contributed by atoms with Crippen molar-refractivity contribution in [1.29, 1.82) is 0 Å². The predicted molar refractivity (Wildman–Crippen MR) is 72.2 cm³/mol. The first-order valence-electron chi connectivity index (χ1n) is 4.34. The summed E-state index contributed by atoms with van der Waals surface area (Å²) in [5, 5.41) is -0.0569. The monoisotopic (exact) mass is 343 g/mol. The molecule has 2 aromatic heterocycles. The van der Waals surface area contributed by atoms with Gasteiger partial charge in [-0.05, 0) is 6.07 Å². The van der Waals surface area contributed by atoms with E-state index in [1.54, 1.807) is 0 Å². The molecule has 5 nitrogen and oxygen atoms in total. The highest BCUT2D eigenvalue weighted by molar-refractivity contribution is 7.93. The summed E-state index contributed by atoms with van der Waals surface area (Å²) in [5.41, 5.74) is 0. The minimum atomic E-state index is -3.89. The molecule has 18 heavy (non-hydrogen) atoms. The molecular weight excluding hydrogens is 341 g/mol. The maximum Gasteiger partial charge on any atom is 0.265 e. The molecule has 10 heteroatoms. The van der Waals surface area contributed by atoms with Gasteiger partial charge in [-0.15, -0.1) is 11.3 Å². The van der Waals surface area contributed by atoms with Crippen molar-refractivity contribution in [3.05, 3.63) is 32.3 Å². The minimum absolute atomic E-state index is 0.0569. The van der Waals surface area contributed by atoms with E-state index in [2.05, 4.69) is 14.7 Å². The van der Waals surface area contributed by atoms with Gasteiger partial charge in [-0.25, -0.2) is 18.4 Å². The van der Waals surface area contributed by atoms with Gasteiger partial charge < -0.3 is 0 Å². The molecule has 0 bridgehead atoms. The van der Waals surface area contributed by atoms with Crippen molar-refractivity contribution in [3.63, 3.8) is 0 Å². The van der Waals surface area contributed by atoms with E-state index in [4.69, 9.17) is 34.8 Å². The number of nitrogens with one attached hydrogen (secondary N) is 1. The smallest absolute Gasteiger partial charge is 0.261 e. The third-order valence-corrected chi connectivity index (χ3v) is 5.17. The topological polar surface area (TPSA) is 72.0 Å². The first-order chi connectivity index (χ1) is 8.40. The molecule has 0 saturated heterocycles. The van der Waals surface area contributed by atoms with Crippen LogP contribution in [-0.4, -0.2) is 18.4 Å². The van der Waals surface area contributed by atoms with Crippen LogP contribution in [-0.2, 0) is 10.0 Å². The van der Waals surface area contributed by atoms with E-state index in [0.29, 0.717) is 0 Å². The van der Waals surface area contributed by atoms with Gasteiger partial charge in [0.25, 0.3) is 10.0 Å². The van der Waals surface area contributed by atoms with Crippen LogP contribution >= 0.6 is 46.1 Å². The highest BCUT2D eigenvalue weighted by Crippen LogP contribution is 2.35. The van der Waals surface area contributed by atoms with Gasteiger partial charge in [-0.3, -0.25) is 4.72 Å². The van der Waals surface area contributed by atoms with Crippen LogP contribution in [0.2, 0.25) is 13.8 Å². The van der Waals surface area contributed by atoms with Gasteiger partial charge in [0.05, 0.1) is 4.34 Å². The molecular formula is C8H4Cl3N3O2S2. The maximum absolute atomic E-state index is 12.0. The lowest BCUT2D eigenvalue weighted by Crippen LogP contribution is -2.14. The van der Waals surface area contributed by atoms with Crippen molar-refractivity contribution in [1.82, 2.24) is 9.97 Å². The third kappa shape index (κ3) is 2.86. The molecule has 0 unspecified atom stereocenters. The number of nitrogens with zero attached hydrogens (tertiary/aromatic N) is 2. The lowest BCUT2D eigenvalue weighted by atomic mass is 10.7. The van der Waals surface area contributed by atoms with E-state index >= 15 is 0 Å².